The average Bonchev–Trinajstić information content (AvgIpc) is 0.969. The summed E-state index contributed by atoms with van der Waals surface area (Å²) in [7, 11) is -16.0. The highest BCUT2D eigenvalue weighted by Gasteiger charge is 2.43. The third kappa shape index (κ3) is 24.9. The number of aryl methyl sites for hydroxylation is 1. The molecule has 10 unspecified atom stereocenters. The Hall–Kier alpha value is -8.47. The van der Waals surface area contributed by atoms with Crippen molar-refractivity contribution in [2.45, 2.75) is 203 Å². The van der Waals surface area contributed by atoms with Crippen LogP contribution in [0.1, 0.15) is 130 Å². The van der Waals surface area contributed by atoms with Gasteiger partial charge in [0.05, 0.1) is 30.8 Å². The van der Waals surface area contributed by atoms with Gasteiger partial charge in [-0.3, -0.25) is 24.9 Å². The maximum Gasteiger partial charge on any atom is 0.243 e. The minimum atomic E-state index is -3.57. The standard InChI is InChI=1S/C22H24ClN3O2S2.C21H27N5O2S.C21H29N3O2S.C19H27N3O3S.C18H25N3O2S/c23-18-4-6-19(7-5-18)29-15-21(24)16-9-12-26(13-10-16)30(27,28)22-3-1-2-17-14-25-11-8-20(17)22;22-20(4-2-11-25-14-10-24-16-25)17-7-12-26(13-8-17)29(27,28)21-5-1-3-18-15-23-9-6-19(18)21;22-21(16-5-2-1-3-6-16)17-10-13-24(14-11-17)27(25,26)20-8-4-7-18-15-23-12-9-19(18)20;1-14(20)17-7-10-22(13-16(17)8-11-25-2)26(23,24)19-5-3-4-15-12-21-9-6-18(15)19;1-12-11-21(13(2)9-17(12)14(3)19)24(22,23)18-6-4-5-15-10-20-8-7-16(15)18/h1-8,11,14,16,21H,9-10,12-13,15,24H2;1,3,5-6,9-10,14-17,20H,2,4,7-8,11-13,22H2;4,7-9,12,15-17,21H,1-3,5-6,10-11,13-14,22H2;3-6,9,12,14,16-17H,7-8,10-11,13,20H2,1-2H3;4-8,10,12-14,17H,9,11,19H2,1-3H3. The predicted molar refractivity (Wildman–Crippen MR) is 542 cm³/mol. The van der Waals surface area contributed by atoms with E-state index in [0.29, 0.717) is 136 Å². The van der Waals surface area contributed by atoms with E-state index in [4.69, 9.17) is 45.0 Å². The van der Waals surface area contributed by atoms with Gasteiger partial charge in [-0.1, -0.05) is 98.5 Å². The van der Waals surface area contributed by atoms with Crippen molar-refractivity contribution in [2.75, 3.05) is 78.4 Å². The Balaban J connectivity index is 0.000000136. The van der Waals surface area contributed by atoms with Crippen LogP contribution in [0.15, 0.2) is 256 Å². The van der Waals surface area contributed by atoms with Gasteiger partial charge in [-0.15, -0.1) is 11.8 Å². The van der Waals surface area contributed by atoms with Crippen molar-refractivity contribution < 1.29 is 46.8 Å². The van der Waals surface area contributed by atoms with Gasteiger partial charge >= 0.3 is 0 Å². The molecule has 730 valence electrons. The molecule has 28 nitrogen and oxygen atoms in total. The molecule has 6 aromatic carbocycles. The van der Waals surface area contributed by atoms with Gasteiger partial charge < -0.3 is 38.0 Å². The molecule has 35 heteroatoms. The van der Waals surface area contributed by atoms with Crippen LogP contribution in [0.4, 0.5) is 0 Å². The third-order valence-electron chi connectivity index (χ3n) is 28.6. The molecule has 0 amide bonds. The lowest BCUT2D eigenvalue weighted by molar-refractivity contribution is 0.111. The fraction of sp³-hybridized carbons (Fsp3) is 0.465. The van der Waals surface area contributed by atoms with E-state index in [1.807, 2.05) is 87.9 Å². The molecule has 11 heterocycles. The normalized spacial score (nSPS) is 21.2. The maximum absolute atomic E-state index is 13.3. The Bertz CT molecular complexity index is 6530. The molecular weight excluding hydrogens is 1860 g/mol. The molecule has 6 aromatic heterocycles. The number of halogens is 1. The van der Waals surface area contributed by atoms with Crippen LogP contribution in [0.25, 0.3) is 53.9 Å². The minimum Gasteiger partial charge on any atom is -0.385 e. The lowest BCUT2D eigenvalue weighted by Crippen LogP contribution is -2.51. The number of methoxy groups -OCH3 is 1. The number of nitrogens with two attached hydrogens (primary N) is 5. The summed E-state index contributed by atoms with van der Waals surface area (Å²) in [5.41, 5.74) is 31.7. The van der Waals surface area contributed by atoms with Crippen molar-refractivity contribution in [2.24, 2.45) is 76.0 Å². The number of imidazole rings is 1. The van der Waals surface area contributed by atoms with E-state index in [9.17, 15) is 42.1 Å². The largest absolute Gasteiger partial charge is 0.385 e. The summed E-state index contributed by atoms with van der Waals surface area (Å²) in [5, 5.41) is 8.53. The maximum atomic E-state index is 13.3. The number of hydrogen-bond donors (Lipinski definition) is 5. The molecule has 0 bridgehead atoms. The summed E-state index contributed by atoms with van der Waals surface area (Å²) in [6.07, 6.45) is 37.8. The highest BCUT2D eigenvalue weighted by Crippen LogP contribution is 2.41. The molecule has 5 saturated heterocycles. The van der Waals surface area contributed by atoms with Crippen molar-refractivity contribution in [3.8, 4) is 0 Å². The summed E-state index contributed by atoms with van der Waals surface area (Å²) >= 11 is 7.65. The second kappa shape index (κ2) is 47.2. The molecule has 6 aliphatic rings. The Morgan fingerprint density at radius 3 is 1.21 bits per heavy atom. The van der Waals surface area contributed by atoms with Crippen LogP contribution in [-0.4, -0.2) is 213 Å². The number of fused-ring (bicyclic) bond motifs is 5. The van der Waals surface area contributed by atoms with Gasteiger partial charge in [-0.2, -0.15) is 21.5 Å². The first-order chi connectivity index (χ1) is 65.3. The van der Waals surface area contributed by atoms with Gasteiger partial charge in [-0.05, 0) is 237 Å². The summed E-state index contributed by atoms with van der Waals surface area (Å²) < 4.78 is 148. The van der Waals surface area contributed by atoms with Crippen LogP contribution in [0.2, 0.25) is 5.02 Å². The third-order valence-corrected chi connectivity index (χ3v) is 39.8. The van der Waals surface area contributed by atoms with Crippen LogP contribution in [-0.2, 0) is 61.4 Å². The topological polar surface area (TPSA) is 408 Å². The molecule has 136 heavy (non-hydrogen) atoms. The molecule has 1 aliphatic carbocycles. The fourth-order valence-electron chi connectivity index (χ4n) is 20.7. The zero-order valence-electron chi connectivity index (χ0n) is 78.3. The Labute approximate surface area is 812 Å². The number of aromatic nitrogens is 7. The zero-order chi connectivity index (χ0) is 96.5. The highest BCUT2D eigenvalue weighted by molar-refractivity contribution is 7.99. The molecule has 18 rings (SSSR count). The van der Waals surface area contributed by atoms with E-state index >= 15 is 0 Å². The van der Waals surface area contributed by atoms with Gasteiger partial charge in [0.15, 0.2) is 0 Å². The van der Waals surface area contributed by atoms with Crippen LogP contribution in [0.3, 0.4) is 0 Å². The van der Waals surface area contributed by atoms with Gasteiger partial charge in [0.25, 0.3) is 0 Å². The second-order valence-electron chi connectivity index (χ2n) is 37.4. The molecule has 1 saturated carbocycles. The highest BCUT2D eigenvalue weighted by atomic mass is 35.5. The molecule has 12 aromatic rings. The van der Waals surface area contributed by atoms with Gasteiger partial charge in [0.1, 0.15) is 0 Å². The molecule has 5 aliphatic heterocycles. The average molecular weight is 1990 g/mol. The molecule has 10 N–H and O–H groups in total. The molecular formula is C101H132ClN17O11S6. The number of hydrogen-bond acceptors (Lipinski definition) is 23. The van der Waals surface area contributed by atoms with Crippen molar-refractivity contribution in [3.63, 3.8) is 0 Å². The van der Waals surface area contributed by atoms with Crippen LogP contribution >= 0.6 is 23.4 Å². The van der Waals surface area contributed by atoms with E-state index in [2.05, 4.69) is 41.4 Å². The summed E-state index contributed by atoms with van der Waals surface area (Å²) in [6.45, 7) is 14.3. The molecule has 10 atom stereocenters. The van der Waals surface area contributed by atoms with Crippen molar-refractivity contribution in [1.82, 2.24) is 56.0 Å². The first kappa shape index (κ1) is 103. The van der Waals surface area contributed by atoms with E-state index < -0.39 is 50.1 Å². The fourth-order valence-corrected chi connectivity index (χ4v) is 30.5. The van der Waals surface area contributed by atoms with E-state index in [0.717, 1.165) is 136 Å². The Morgan fingerprint density at radius 1 is 0.426 bits per heavy atom. The van der Waals surface area contributed by atoms with E-state index in [1.165, 1.54) is 32.1 Å². The minimum absolute atomic E-state index is 0.0270. The quantitative estimate of drug-likeness (QED) is 0.0314. The monoisotopic (exact) mass is 1990 g/mol. The van der Waals surface area contributed by atoms with Crippen LogP contribution < -0.4 is 28.7 Å². The van der Waals surface area contributed by atoms with E-state index in [1.54, 1.807) is 200 Å². The number of pyridine rings is 5. The number of rotatable bonds is 26. The number of piperidine rings is 5. The number of nitrogens with zero attached hydrogens (tertiary/aromatic N) is 12. The number of thioether (sulfide) groups is 1. The van der Waals surface area contributed by atoms with Gasteiger partial charge in [0, 0.05) is 259 Å². The zero-order valence-corrected chi connectivity index (χ0v) is 84.0. The summed E-state index contributed by atoms with van der Waals surface area (Å²) in [5.74, 6) is 3.65. The van der Waals surface area contributed by atoms with Crippen LogP contribution in [0.5, 0.6) is 0 Å². The first-order valence-corrected chi connectivity index (χ1v) is 56.2. The summed E-state index contributed by atoms with van der Waals surface area (Å²) in [4.78, 5) is 27.5. The Morgan fingerprint density at radius 2 is 0.809 bits per heavy atom. The van der Waals surface area contributed by atoms with Gasteiger partial charge in [-0.25, -0.2) is 47.1 Å². The second-order valence-corrected chi connectivity index (χ2v) is 48.4. The lowest BCUT2D eigenvalue weighted by Gasteiger charge is -2.42. The Kier molecular flexibility index (Phi) is 35.9. The molecule has 6 fully saturated rings. The van der Waals surface area contributed by atoms with Crippen LogP contribution in [0, 0.1) is 47.3 Å². The van der Waals surface area contributed by atoms with Gasteiger partial charge in [0.2, 0.25) is 50.1 Å². The predicted octanol–water partition coefficient (Wildman–Crippen LogP) is 15.5. The number of ether oxygens (including phenoxy) is 1. The SMILES string of the molecule is CC(N)C1CC(C)N(S(=O)(=O)c2cccc3cnccc23)CC1C.COCCC1CN(S(=O)(=O)c2cccc3cnccc23)CCC1C(C)N.NC(C1CCCCC1)C1CCN(S(=O)(=O)c2cccc3cnccc23)CC1.NC(CCCn1ccnc1)C1CCN(S(=O)(=O)c2cccc3cnccc23)CC1.NC(CSc1ccc(Cl)cc1)C1CCN(S(=O)(=O)c2cccc3cnccc23)CC1. The number of sulfonamides is 5. The van der Waals surface area contributed by atoms with Crippen molar-refractivity contribution >= 4 is 127 Å². The van der Waals surface area contributed by atoms with E-state index in [-0.39, 0.29) is 48.1 Å². The first-order valence-electron chi connectivity index (χ1n) is 47.6. The summed E-state index contributed by atoms with van der Waals surface area (Å²) in [6, 6.07) is 43.8. The lowest BCUT2D eigenvalue weighted by atomic mass is 9.76. The smallest absolute Gasteiger partial charge is 0.243 e. The van der Waals surface area contributed by atoms with Crippen molar-refractivity contribution in [3.05, 3.63) is 231 Å². The molecule has 0 radical (unpaired) electrons. The van der Waals surface area contributed by atoms with Crippen molar-refractivity contribution in [1.29, 1.82) is 0 Å². The molecule has 0 spiro atoms. The number of benzene rings is 6.